The number of halogens is 3. The number of hydrogen-bond acceptors (Lipinski definition) is 4. The van der Waals surface area contributed by atoms with Gasteiger partial charge in [-0.25, -0.2) is 13.8 Å². The molecule has 32 heavy (non-hydrogen) atoms. The molecule has 0 amide bonds. The van der Waals surface area contributed by atoms with Crippen LogP contribution < -0.4 is 11.1 Å². The minimum absolute atomic E-state index is 0.256. The van der Waals surface area contributed by atoms with Gasteiger partial charge in [-0.2, -0.15) is 0 Å². The maximum Gasteiger partial charge on any atom is 0.126 e. The Morgan fingerprint density at radius 2 is 1.72 bits per heavy atom. The van der Waals surface area contributed by atoms with E-state index in [1.807, 2.05) is 24.3 Å². The van der Waals surface area contributed by atoms with Crippen LogP contribution in [0.1, 0.15) is 36.9 Å². The molecule has 168 valence electrons. The molecule has 0 aliphatic heterocycles. The normalized spacial score (nSPS) is 18.5. The molecular formula is C25H27ClF2N4. The molecule has 4 rings (SSSR count). The van der Waals surface area contributed by atoms with E-state index >= 15 is 0 Å². The van der Waals surface area contributed by atoms with Gasteiger partial charge in [-0.1, -0.05) is 17.7 Å². The summed E-state index contributed by atoms with van der Waals surface area (Å²) in [4.78, 5) is 9.19. The summed E-state index contributed by atoms with van der Waals surface area (Å²) < 4.78 is 26.8. The van der Waals surface area contributed by atoms with E-state index in [2.05, 4.69) is 15.3 Å². The summed E-state index contributed by atoms with van der Waals surface area (Å²) >= 11 is 6.45. The zero-order valence-electron chi connectivity index (χ0n) is 17.8. The lowest BCUT2D eigenvalue weighted by atomic mass is 9.80. The molecule has 1 aliphatic carbocycles. The van der Waals surface area contributed by atoms with Crippen molar-refractivity contribution < 1.29 is 8.78 Å². The second-order valence-corrected chi connectivity index (χ2v) is 8.93. The van der Waals surface area contributed by atoms with E-state index < -0.39 is 11.6 Å². The molecule has 3 aromatic rings. The third-order valence-electron chi connectivity index (χ3n) is 6.13. The lowest BCUT2D eigenvalue weighted by molar-refractivity contribution is 0.277. The largest absolute Gasteiger partial charge is 0.366 e. The second-order valence-electron chi connectivity index (χ2n) is 8.52. The Morgan fingerprint density at radius 3 is 2.44 bits per heavy atom. The van der Waals surface area contributed by atoms with Crippen molar-refractivity contribution in [2.75, 3.05) is 11.9 Å². The fourth-order valence-electron chi connectivity index (χ4n) is 4.35. The van der Waals surface area contributed by atoms with Crippen LogP contribution in [0.4, 0.5) is 14.6 Å². The van der Waals surface area contributed by atoms with Crippen LogP contribution in [0.5, 0.6) is 0 Å². The van der Waals surface area contributed by atoms with Gasteiger partial charge in [0, 0.05) is 30.1 Å². The third-order valence-corrected chi connectivity index (χ3v) is 6.43. The van der Waals surface area contributed by atoms with Gasteiger partial charge in [0.1, 0.15) is 17.5 Å². The van der Waals surface area contributed by atoms with Gasteiger partial charge >= 0.3 is 0 Å². The summed E-state index contributed by atoms with van der Waals surface area (Å²) in [7, 11) is 0. The molecule has 0 radical (unpaired) electrons. The van der Waals surface area contributed by atoms with Crippen molar-refractivity contribution >= 4 is 17.4 Å². The first-order valence-corrected chi connectivity index (χ1v) is 11.4. The van der Waals surface area contributed by atoms with E-state index in [4.69, 9.17) is 17.3 Å². The number of aromatic nitrogens is 2. The van der Waals surface area contributed by atoms with Crippen LogP contribution in [0.2, 0.25) is 5.02 Å². The van der Waals surface area contributed by atoms with Crippen LogP contribution in [0.15, 0.2) is 48.7 Å². The van der Waals surface area contributed by atoms with Crippen molar-refractivity contribution in [3.05, 3.63) is 76.6 Å². The van der Waals surface area contributed by atoms with Crippen LogP contribution in [-0.4, -0.2) is 16.5 Å². The van der Waals surface area contributed by atoms with E-state index in [0.717, 1.165) is 36.0 Å². The van der Waals surface area contributed by atoms with E-state index in [9.17, 15) is 8.78 Å². The summed E-state index contributed by atoms with van der Waals surface area (Å²) in [6, 6.07) is 11.1. The van der Waals surface area contributed by atoms with E-state index in [1.165, 1.54) is 37.8 Å². The number of rotatable bonds is 7. The zero-order chi connectivity index (χ0) is 22.5. The summed E-state index contributed by atoms with van der Waals surface area (Å²) in [5, 5.41) is 3.66. The molecule has 0 saturated heterocycles. The first-order valence-electron chi connectivity index (χ1n) is 11.0. The average Bonchev–Trinajstić information content (AvgIpc) is 2.79. The summed E-state index contributed by atoms with van der Waals surface area (Å²) in [5.74, 6) is 0.671. The summed E-state index contributed by atoms with van der Waals surface area (Å²) in [6.45, 7) is 1.03. The molecule has 1 aliphatic rings. The second kappa shape index (κ2) is 10.4. The molecule has 1 fully saturated rings. The molecule has 0 spiro atoms. The molecule has 3 N–H and O–H groups in total. The minimum atomic E-state index is -0.601. The number of nitrogens with one attached hydrogen (secondary N) is 1. The Bertz CT molecular complexity index is 1050. The van der Waals surface area contributed by atoms with Crippen LogP contribution in [-0.2, 0) is 13.0 Å². The van der Waals surface area contributed by atoms with Crippen molar-refractivity contribution in [2.24, 2.45) is 17.6 Å². The quantitative estimate of drug-likeness (QED) is 0.458. The highest BCUT2D eigenvalue weighted by Crippen LogP contribution is 2.32. The summed E-state index contributed by atoms with van der Waals surface area (Å²) in [6.07, 6.45) is 7.34. The Morgan fingerprint density at radius 1 is 1.00 bits per heavy atom. The highest BCUT2D eigenvalue weighted by molar-refractivity contribution is 6.33. The zero-order valence-corrected chi connectivity index (χ0v) is 18.6. The topological polar surface area (TPSA) is 63.8 Å². The fraction of sp³-hybridized carbons (Fsp3) is 0.360. The average molecular weight is 457 g/mol. The first kappa shape index (κ1) is 22.6. The van der Waals surface area contributed by atoms with Gasteiger partial charge in [0.2, 0.25) is 0 Å². The highest BCUT2D eigenvalue weighted by Gasteiger charge is 2.21. The SMILES string of the molecule is NCC1CCC(Cc2cc(-c3cccc(NCc4cc(F)cc(F)c4)n3)c(Cl)cn2)CC1. The van der Waals surface area contributed by atoms with Crippen LogP contribution >= 0.6 is 11.6 Å². The Kier molecular flexibility index (Phi) is 7.33. The number of nitrogens with two attached hydrogens (primary N) is 1. The molecular weight excluding hydrogens is 430 g/mol. The lowest BCUT2D eigenvalue weighted by Crippen LogP contribution is -2.22. The molecule has 0 unspecified atom stereocenters. The molecule has 0 bridgehead atoms. The van der Waals surface area contributed by atoms with E-state index in [0.29, 0.717) is 28.2 Å². The smallest absolute Gasteiger partial charge is 0.126 e. The van der Waals surface area contributed by atoms with Crippen LogP contribution in [0.3, 0.4) is 0 Å². The van der Waals surface area contributed by atoms with Gasteiger partial charge < -0.3 is 11.1 Å². The van der Waals surface area contributed by atoms with Crippen LogP contribution in [0.25, 0.3) is 11.3 Å². The van der Waals surface area contributed by atoms with E-state index in [1.54, 1.807) is 6.20 Å². The number of hydrogen-bond donors (Lipinski definition) is 2. The lowest BCUT2D eigenvalue weighted by Gasteiger charge is -2.27. The van der Waals surface area contributed by atoms with Crippen molar-refractivity contribution in [1.82, 2.24) is 9.97 Å². The van der Waals surface area contributed by atoms with Crippen LogP contribution in [0, 0.1) is 23.5 Å². The monoisotopic (exact) mass is 456 g/mol. The number of pyridine rings is 2. The van der Waals surface area contributed by atoms with Gasteiger partial charge in [0.05, 0.1) is 10.7 Å². The highest BCUT2D eigenvalue weighted by atomic mass is 35.5. The van der Waals surface area contributed by atoms with E-state index in [-0.39, 0.29) is 6.54 Å². The maximum atomic E-state index is 13.4. The Labute approximate surface area is 192 Å². The molecule has 1 aromatic carbocycles. The molecule has 7 heteroatoms. The minimum Gasteiger partial charge on any atom is -0.366 e. The number of benzene rings is 1. The predicted octanol–water partition coefficient (Wildman–Crippen LogP) is 5.99. The fourth-order valence-corrected chi connectivity index (χ4v) is 4.55. The molecule has 2 heterocycles. The standard InChI is InChI=1S/C25H27ClF2N4/c26-23-15-30-21(10-16-4-6-17(13-29)7-5-16)12-22(23)24-2-1-3-25(32-24)31-14-18-8-19(27)11-20(28)9-18/h1-3,8-9,11-12,15-17H,4-7,10,13-14,29H2,(H,31,32). The summed E-state index contributed by atoms with van der Waals surface area (Å²) in [5.41, 5.74) is 8.87. The molecule has 0 atom stereocenters. The predicted molar refractivity (Wildman–Crippen MR) is 124 cm³/mol. The number of anilines is 1. The van der Waals surface area contributed by atoms with Gasteiger partial charge in [-0.3, -0.25) is 4.98 Å². The van der Waals surface area contributed by atoms with Crippen molar-refractivity contribution in [2.45, 2.75) is 38.6 Å². The van der Waals surface area contributed by atoms with Gasteiger partial charge in [-0.15, -0.1) is 0 Å². The van der Waals surface area contributed by atoms with Crippen molar-refractivity contribution in [1.29, 1.82) is 0 Å². The first-order chi connectivity index (χ1) is 15.5. The maximum absolute atomic E-state index is 13.4. The Hall–Kier alpha value is -2.57. The van der Waals surface area contributed by atoms with Crippen molar-refractivity contribution in [3.63, 3.8) is 0 Å². The van der Waals surface area contributed by atoms with Gasteiger partial charge in [0.15, 0.2) is 0 Å². The van der Waals surface area contributed by atoms with Crippen molar-refractivity contribution in [3.8, 4) is 11.3 Å². The Balaban J connectivity index is 1.46. The molecule has 1 saturated carbocycles. The molecule has 4 nitrogen and oxygen atoms in total. The molecule has 2 aromatic heterocycles. The van der Waals surface area contributed by atoms with Gasteiger partial charge in [-0.05, 0) is 86.4 Å². The number of nitrogens with zero attached hydrogens (tertiary/aromatic N) is 2. The third kappa shape index (κ3) is 5.81. The van der Waals surface area contributed by atoms with Gasteiger partial charge in [0.25, 0.3) is 0 Å².